The number of rotatable bonds is 8. The number of piperazine rings is 1. The normalized spacial score (nSPS) is 15.3. The number of hydrogen-bond donors (Lipinski definition) is 1. The molecule has 0 spiro atoms. The van der Waals surface area contributed by atoms with Crippen LogP contribution in [-0.2, 0) is 6.61 Å². The molecule has 5 heteroatoms. The van der Waals surface area contributed by atoms with E-state index in [1.807, 2.05) is 30.3 Å². The van der Waals surface area contributed by atoms with E-state index in [0.717, 1.165) is 37.3 Å². The third-order valence-electron chi connectivity index (χ3n) is 5.66. The van der Waals surface area contributed by atoms with Crippen molar-refractivity contribution in [1.29, 1.82) is 0 Å². The van der Waals surface area contributed by atoms with Gasteiger partial charge in [-0.15, -0.1) is 0 Å². The molecule has 0 saturated carbocycles. The van der Waals surface area contributed by atoms with Gasteiger partial charge in [0.2, 0.25) is 5.75 Å². The number of nitrogens with zero attached hydrogens (tertiary/aromatic N) is 1. The third-order valence-corrected chi connectivity index (χ3v) is 5.66. The molecule has 1 heterocycles. The topological polar surface area (TPSA) is 43.0 Å². The summed E-state index contributed by atoms with van der Waals surface area (Å²) >= 11 is 0. The summed E-state index contributed by atoms with van der Waals surface area (Å²) in [4.78, 5) is 2.50. The molecule has 1 N–H and O–H groups in total. The molecular weight excluding hydrogens is 388 g/mol. The molecule has 4 rings (SSSR count). The predicted molar refractivity (Wildman–Crippen MR) is 123 cm³/mol. The van der Waals surface area contributed by atoms with Crippen molar-refractivity contribution in [3.63, 3.8) is 0 Å². The van der Waals surface area contributed by atoms with Crippen LogP contribution < -0.4 is 19.5 Å². The maximum Gasteiger partial charge on any atom is 0.203 e. The van der Waals surface area contributed by atoms with E-state index in [4.69, 9.17) is 14.2 Å². The van der Waals surface area contributed by atoms with E-state index in [0.29, 0.717) is 23.9 Å². The molecule has 0 amide bonds. The average molecular weight is 419 g/mol. The number of ether oxygens (including phenoxy) is 3. The maximum atomic E-state index is 6.15. The van der Waals surface area contributed by atoms with Gasteiger partial charge in [-0.1, -0.05) is 60.7 Å². The molecule has 162 valence electrons. The Kier molecular flexibility index (Phi) is 7.07. The van der Waals surface area contributed by atoms with E-state index in [-0.39, 0.29) is 6.04 Å². The van der Waals surface area contributed by atoms with Crippen molar-refractivity contribution in [3.8, 4) is 17.2 Å². The summed E-state index contributed by atoms with van der Waals surface area (Å²) in [5, 5.41) is 3.45. The van der Waals surface area contributed by atoms with E-state index in [1.54, 1.807) is 14.2 Å². The Labute approximate surface area is 184 Å². The molecular formula is C26H30N2O3. The van der Waals surface area contributed by atoms with E-state index in [9.17, 15) is 0 Å². The van der Waals surface area contributed by atoms with Crippen molar-refractivity contribution in [2.24, 2.45) is 0 Å². The molecule has 1 atom stereocenters. The lowest BCUT2D eigenvalue weighted by Crippen LogP contribution is -2.45. The Balaban J connectivity index is 1.70. The molecule has 0 radical (unpaired) electrons. The first kappa shape index (κ1) is 21.2. The van der Waals surface area contributed by atoms with Crippen molar-refractivity contribution in [2.75, 3.05) is 40.4 Å². The second-order valence-corrected chi connectivity index (χ2v) is 7.63. The summed E-state index contributed by atoms with van der Waals surface area (Å²) in [6.07, 6.45) is 0. The van der Waals surface area contributed by atoms with Crippen molar-refractivity contribution < 1.29 is 14.2 Å². The molecule has 31 heavy (non-hydrogen) atoms. The number of nitrogens with one attached hydrogen (secondary N) is 1. The molecule has 0 bridgehead atoms. The summed E-state index contributed by atoms with van der Waals surface area (Å²) < 4.78 is 17.7. The van der Waals surface area contributed by atoms with Crippen LogP contribution >= 0.6 is 0 Å². The molecule has 1 aliphatic heterocycles. The lowest BCUT2D eigenvalue weighted by Gasteiger charge is -2.36. The van der Waals surface area contributed by atoms with Crippen molar-refractivity contribution in [1.82, 2.24) is 10.2 Å². The van der Waals surface area contributed by atoms with E-state index >= 15 is 0 Å². The van der Waals surface area contributed by atoms with Gasteiger partial charge in [-0.05, 0) is 28.8 Å². The Morgan fingerprint density at radius 2 is 1.39 bits per heavy atom. The van der Waals surface area contributed by atoms with E-state index < -0.39 is 0 Å². The van der Waals surface area contributed by atoms with Gasteiger partial charge in [0.05, 0.1) is 20.3 Å². The second-order valence-electron chi connectivity index (χ2n) is 7.63. The highest BCUT2D eigenvalue weighted by Crippen LogP contribution is 2.42. The highest BCUT2D eigenvalue weighted by atomic mass is 16.5. The van der Waals surface area contributed by atoms with Gasteiger partial charge in [-0.25, -0.2) is 0 Å². The summed E-state index contributed by atoms with van der Waals surface area (Å²) in [6, 6.07) is 25.0. The molecule has 3 aromatic rings. The van der Waals surface area contributed by atoms with Crippen LogP contribution in [-0.4, -0.2) is 45.3 Å². The molecule has 1 saturated heterocycles. The lowest BCUT2D eigenvalue weighted by molar-refractivity contribution is 0.197. The van der Waals surface area contributed by atoms with Gasteiger partial charge in [0, 0.05) is 26.2 Å². The smallest absolute Gasteiger partial charge is 0.203 e. The first-order valence-corrected chi connectivity index (χ1v) is 10.7. The summed E-state index contributed by atoms with van der Waals surface area (Å²) in [7, 11) is 3.35. The van der Waals surface area contributed by atoms with Crippen LogP contribution in [0.25, 0.3) is 0 Å². The van der Waals surface area contributed by atoms with Crippen molar-refractivity contribution in [2.45, 2.75) is 12.6 Å². The highest BCUT2D eigenvalue weighted by molar-refractivity contribution is 5.55. The zero-order chi connectivity index (χ0) is 21.5. The van der Waals surface area contributed by atoms with Gasteiger partial charge in [0.25, 0.3) is 0 Å². The van der Waals surface area contributed by atoms with Gasteiger partial charge in [-0.3, -0.25) is 4.90 Å². The minimum absolute atomic E-state index is 0.120. The summed E-state index contributed by atoms with van der Waals surface area (Å²) in [5.41, 5.74) is 3.49. The van der Waals surface area contributed by atoms with Crippen LogP contribution in [0, 0.1) is 0 Å². The first-order valence-electron chi connectivity index (χ1n) is 10.7. The maximum absolute atomic E-state index is 6.15. The fourth-order valence-electron chi connectivity index (χ4n) is 4.12. The molecule has 0 aromatic heterocycles. The van der Waals surface area contributed by atoms with E-state index in [1.165, 1.54) is 5.56 Å². The average Bonchev–Trinajstić information content (AvgIpc) is 2.84. The van der Waals surface area contributed by atoms with Crippen LogP contribution in [0.15, 0.2) is 72.8 Å². The van der Waals surface area contributed by atoms with Crippen LogP contribution in [0.2, 0.25) is 0 Å². The molecule has 1 aliphatic rings. The number of hydrogen-bond acceptors (Lipinski definition) is 5. The highest BCUT2D eigenvalue weighted by Gasteiger charge is 2.26. The summed E-state index contributed by atoms with van der Waals surface area (Å²) in [5.74, 6) is 1.99. The van der Waals surface area contributed by atoms with Crippen LogP contribution in [0.1, 0.15) is 22.7 Å². The zero-order valence-corrected chi connectivity index (χ0v) is 18.2. The SMILES string of the molecule is COc1cc(C(c2ccccc2)N2CCNCC2)cc(OC)c1OCc1ccccc1. The van der Waals surface area contributed by atoms with Crippen molar-refractivity contribution in [3.05, 3.63) is 89.5 Å². The standard InChI is InChI=1S/C26H30N2O3/c1-29-23-17-22(18-24(30-2)26(23)31-19-20-9-5-3-6-10-20)25(21-11-7-4-8-12-21)28-15-13-27-14-16-28/h3-12,17-18,25,27H,13-16,19H2,1-2H3. The number of methoxy groups -OCH3 is 2. The lowest BCUT2D eigenvalue weighted by atomic mass is 9.95. The van der Waals surface area contributed by atoms with E-state index in [2.05, 4.69) is 52.7 Å². The quantitative estimate of drug-likeness (QED) is 0.592. The Morgan fingerprint density at radius 3 is 1.97 bits per heavy atom. The van der Waals surface area contributed by atoms with Crippen LogP contribution in [0.3, 0.4) is 0 Å². The minimum Gasteiger partial charge on any atom is -0.493 e. The van der Waals surface area contributed by atoms with Gasteiger partial charge in [-0.2, -0.15) is 0 Å². The Hall–Kier alpha value is -3.02. The molecule has 1 fully saturated rings. The summed E-state index contributed by atoms with van der Waals surface area (Å²) in [6.45, 7) is 4.38. The second kappa shape index (κ2) is 10.3. The van der Waals surface area contributed by atoms with Gasteiger partial charge in [0.1, 0.15) is 6.61 Å². The van der Waals surface area contributed by atoms with Gasteiger partial charge in [0.15, 0.2) is 11.5 Å². The Morgan fingerprint density at radius 1 is 0.806 bits per heavy atom. The Bertz CT molecular complexity index is 932. The molecule has 1 unspecified atom stereocenters. The molecule has 3 aromatic carbocycles. The monoisotopic (exact) mass is 418 g/mol. The van der Waals surface area contributed by atoms with Crippen molar-refractivity contribution >= 4 is 0 Å². The zero-order valence-electron chi connectivity index (χ0n) is 18.2. The minimum atomic E-state index is 0.120. The predicted octanol–water partition coefficient (Wildman–Crippen LogP) is 4.28. The third kappa shape index (κ3) is 5.01. The van der Waals surface area contributed by atoms with Crippen LogP contribution in [0.5, 0.6) is 17.2 Å². The molecule has 5 nitrogen and oxygen atoms in total. The van der Waals surface area contributed by atoms with Gasteiger partial charge >= 0.3 is 0 Å². The largest absolute Gasteiger partial charge is 0.493 e. The molecule has 0 aliphatic carbocycles. The van der Waals surface area contributed by atoms with Crippen LogP contribution in [0.4, 0.5) is 0 Å². The fourth-order valence-corrected chi connectivity index (χ4v) is 4.12. The van der Waals surface area contributed by atoms with Gasteiger partial charge < -0.3 is 19.5 Å². The first-order chi connectivity index (χ1) is 15.3. The number of benzene rings is 3. The fraction of sp³-hybridized carbons (Fsp3) is 0.308.